The third kappa shape index (κ3) is 2.17. The zero-order valence-corrected chi connectivity index (χ0v) is 9.92. The first-order valence-electron chi connectivity index (χ1n) is 5.07. The van der Waals surface area contributed by atoms with E-state index >= 15 is 0 Å². The molecule has 2 N–H and O–H groups in total. The Morgan fingerprint density at radius 2 is 2.05 bits per heavy atom. The van der Waals surface area contributed by atoms with Gasteiger partial charge in [0.1, 0.15) is 0 Å². The average Bonchev–Trinajstić information content (AvgIpc) is 2.32. The van der Waals surface area contributed by atoms with Gasteiger partial charge in [0.15, 0.2) is 11.6 Å². The van der Waals surface area contributed by atoms with Crippen LogP contribution in [0.25, 0.3) is 0 Å². The molecular weight excluding hydrogens is 284 g/mol. The first-order chi connectivity index (χ1) is 8.82. The molecule has 1 amide bonds. The standard InChI is InChI=1S/C11H6ClF2NO4/c12-8-7-3(1-6(16)17)10(18)11(19)15-5(7)2-4(13)9(8)14/h2-3H,1H2,(H,15,19)(H,16,17). The van der Waals surface area contributed by atoms with Crippen molar-refractivity contribution < 1.29 is 28.3 Å². The fourth-order valence-electron chi connectivity index (χ4n) is 1.90. The maximum Gasteiger partial charge on any atom is 0.304 e. The largest absolute Gasteiger partial charge is 0.481 e. The second-order valence-electron chi connectivity index (χ2n) is 3.92. The first kappa shape index (κ1) is 13.4. The van der Waals surface area contributed by atoms with E-state index in [4.69, 9.17) is 16.7 Å². The maximum atomic E-state index is 13.4. The van der Waals surface area contributed by atoms with Crippen LogP contribution in [-0.4, -0.2) is 22.8 Å². The maximum absolute atomic E-state index is 13.4. The number of benzene rings is 1. The van der Waals surface area contributed by atoms with Gasteiger partial charge in [-0.25, -0.2) is 8.78 Å². The number of fused-ring (bicyclic) bond motifs is 1. The number of halogens is 3. The summed E-state index contributed by atoms with van der Waals surface area (Å²) in [4.78, 5) is 33.7. The molecule has 1 aromatic rings. The molecule has 8 heteroatoms. The molecule has 100 valence electrons. The molecule has 2 rings (SSSR count). The van der Waals surface area contributed by atoms with Crippen molar-refractivity contribution in [1.82, 2.24) is 0 Å². The lowest BCUT2D eigenvalue weighted by molar-refractivity contribution is -0.141. The quantitative estimate of drug-likeness (QED) is 0.641. The van der Waals surface area contributed by atoms with Gasteiger partial charge < -0.3 is 10.4 Å². The summed E-state index contributed by atoms with van der Waals surface area (Å²) in [5, 5.41) is 10.1. The lowest BCUT2D eigenvalue weighted by atomic mass is 9.86. The summed E-state index contributed by atoms with van der Waals surface area (Å²) >= 11 is 5.60. The van der Waals surface area contributed by atoms with Crippen LogP contribution in [0.2, 0.25) is 5.02 Å². The van der Waals surface area contributed by atoms with Crippen LogP contribution in [0.15, 0.2) is 6.07 Å². The van der Waals surface area contributed by atoms with E-state index in [1.807, 2.05) is 5.32 Å². The SMILES string of the molecule is O=C(O)CC1C(=O)C(=O)Nc2cc(F)c(F)c(Cl)c21. The van der Waals surface area contributed by atoms with Gasteiger partial charge in [-0.05, 0) is 0 Å². The molecule has 0 aromatic heterocycles. The monoisotopic (exact) mass is 289 g/mol. The summed E-state index contributed by atoms with van der Waals surface area (Å²) in [6.45, 7) is 0. The Morgan fingerprint density at radius 3 is 2.63 bits per heavy atom. The van der Waals surface area contributed by atoms with Crippen molar-refractivity contribution in [2.45, 2.75) is 12.3 Å². The predicted molar refractivity (Wildman–Crippen MR) is 60.0 cm³/mol. The van der Waals surface area contributed by atoms with Crippen LogP contribution in [0.5, 0.6) is 0 Å². The van der Waals surface area contributed by atoms with Crippen LogP contribution in [0, 0.1) is 11.6 Å². The first-order valence-corrected chi connectivity index (χ1v) is 5.45. The van der Waals surface area contributed by atoms with Crippen LogP contribution in [0.4, 0.5) is 14.5 Å². The van der Waals surface area contributed by atoms with Gasteiger partial charge in [-0.1, -0.05) is 11.6 Å². The summed E-state index contributed by atoms with van der Waals surface area (Å²) in [5.41, 5.74) is -0.410. The van der Waals surface area contributed by atoms with E-state index in [9.17, 15) is 23.2 Å². The molecule has 0 radical (unpaired) electrons. The highest BCUT2D eigenvalue weighted by molar-refractivity contribution is 6.45. The molecule has 0 fully saturated rings. The van der Waals surface area contributed by atoms with Crippen molar-refractivity contribution in [2.75, 3.05) is 5.32 Å². The van der Waals surface area contributed by atoms with Gasteiger partial charge in [-0.15, -0.1) is 0 Å². The highest BCUT2D eigenvalue weighted by atomic mass is 35.5. The van der Waals surface area contributed by atoms with E-state index in [0.717, 1.165) is 0 Å². The molecule has 19 heavy (non-hydrogen) atoms. The van der Waals surface area contributed by atoms with Crippen LogP contribution in [0.3, 0.4) is 0 Å². The molecule has 0 bridgehead atoms. The van der Waals surface area contributed by atoms with Gasteiger partial charge in [0.05, 0.1) is 17.4 Å². The van der Waals surface area contributed by atoms with E-state index in [0.29, 0.717) is 6.07 Å². The fourth-order valence-corrected chi connectivity index (χ4v) is 2.22. The third-order valence-corrected chi connectivity index (χ3v) is 3.09. The number of Topliss-reactive ketones (excluding diaryl/α,β-unsaturated/α-hetero) is 1. The van der Waals surface area contributed by atoms with Gasteiger partial charge >= 0.3 is 5.97 Å². The highest BCUT2D eigenvalue weighted by Gasteiger charge is 2.38. The fraction of sp³-hybridized carbons (Fsp3) is 0.182. The highest BCUT2D eigenvalue weighted by Crippen LogP contribution is 2.40. The zero-order chi connectivity index (χ0) is 14.3. The van der Waals surface area contributed by atoms with Crippen LogP contribution < -0.4 is 5.32 Å². The number of aliphatic carboxylic acids is 1. The van der Waals surface area contributed by atoms with Gasteiger partial charge in [0, 0.05) is 17.3 Å². The van der Waals surface area contributed by atoms with Crippen molar-refractivity contribution in [2.24, 2.45) is 0 Å². The number of carboxylic acids is 1. The smallest absolute Gasteiger partial charge is 0.304 e. The summed E-state index contributed by atoms with van der Waals surface area (Å²) < 4.78 is 26.5. The Labute approximate surface area is 110 Å². The van der Waals surface area contributed by atoms with Crippen LogP contribution in [0.1, 0.15) is 17.9 Å². The van der Waals surface area contributed by atoms with Crippen molar-refractivity contribution >= 4 is 34.9 Å². The normalized spacial score (nSPS) is 17.9. The minimum atomic E-state index is -1.43. The minimum absolute atomic E-state index is 0.195. The van der Waals surface area contributed by atoms with E-state index in [1.165, 1.54) is 0 Å². The molecular formula is C11H6ClF2NO4. The zero-order valence-electron chi connectivity index (χ0n) is 9.17. The summed E-state index contributed by atoms with van der Waals surface area (Å²) in [6, 6.07) is 0.662. The molecule has 0 saturated carbocycles. The summed E-state index contributed by atoms with van der Waals surface area (Å²) in [7, 11) is 0. The van der Waals surface area contributed by atoms with Gasteiger partial charge in [-0.2, -0.15) is 0 Å². The number of carbonyl (C=O) groups is 3. The molecule has 1 aliphatic rings. The Morgan fingerprint density at radius 1 is 1.42 bits per heavy atom. The van der Waals surface area contributed by atoms with Gasteiger partial charge in [0.25, 0.3) is 5.91 Å². The third-order valence-electron chi connectivity index (χ3n) is 2.72. The molecule has 1 aliphatic heterocycles. The van der Waals surface area contributed by atoms with Crippen molar-refractivity contribution in [3.05, 3.63) is 28.3 Å². The number of hydrogen-bond donors (Lipinski definition) is 2. The number of anilines is 1. The predicted octanol–water partition coefficient (Wildman–Crippen LogP) is 1.70. The lowest BCUT2D eigenvalue weighted by Crippen LogP contribution is -2.35. The molecule has 5 nitrogen and oxygen atoms in total. The number of carbonyl (C=O) groups excluding carboxylic acids is 2. The minimum Gasteiger partial charge on any atom is -0.481 e. The average molecular weight is 290 g/mol. The summed E-state index contributed by atoms with van der Waals surface area (Å²) in [6.07, 6.45) is -0.732. The number of carboxylic acid groups (broad SMARTS) is 1. The van der Waals surface area contributed by atoms with E-state index in [2.05, 4.69) is 0 Å². The van der Waals surface area contributed by atoms with Gasteiger partial charge in [0.2, 0.25) is 5.78 Å². The van der Waals surface area contributed by atoms with Crippen LogP contribution in [-0.2, 0) is 14.4 Å². The number of rotatable bonds is 2. The Hall–Kier alpha value is -2.02. The molecule has 0 aliphatic carbocycles. The summed E-state index contributed by atoms with van der Waals surface area (Å²) in [5.74, 6) is -7.61. The molecule has 0 spiro atoms. The number of nitrogens with one attached hydrogen (secondary N) is 1. The topological polar surface area (TPSA) is 83.5 Å². The number of amides is 1. The lowest BCUT2D eigenvalue weighted by Gasteiger charge is -2.24. The van der Waals surface area contributed by atoms with E-state index < -0.39 is 46.7 Å². The Balaban J connectivity index is 2.66. The van der Waals surface area contributed by atoms with Crippen molar-refractivity contribution in [3.8, 4) is 0 Å². The number of ketones is 1. The van der Waals surface area contributed by atoms with Gasteiger partial charge in [-0.3, -0.25) is 14.4 Å². The second kappa shape index (κ2) is 4.58. The Bertz CT molecular complexity index is 617. The number of hydrogen-bond acceptors (Lipinski definition) is 3. The Kier molecular flexibility index (Phi) is 3.23. The molecule has 0 saturated heterocycles. The molecule has 1 aromatic carbocycles. The van der Waals surface area contributed by atoms with E-state index in [-0.39, 0.29) is 11.3 Å². The van der Waals surface area contributed by atoms with Crippen molar-refractivity contribution in [3.63, 3.8) is 0 Å². The van der Waals surface area contributed by atoms with E-state index in [1.54, 1.807) is 0 Å². The molecule has 1 unspecified atom stereocenters. The van der Waals surface area contributed by atoms with Crippen LogP contribution >= 0.6 is 11.6 Å². The second-order valence-corrected chi connectivity index (χ2v) is 4.29. The van der Waals surface area contributed by atoms with Crippen molar-refractivity contribution in [1.29, 1.82) is 0 Å². The molecule has 1 heterocycles. The molecule has 1 atom stereocenters.